The maximum absolute atomic E-state index is 11.7. The Hall–Kier alpha value is -1.89. The molecule has 2 N–H and O–H groups in total. The van der Waals surface area contributed by atoms with E-state index in [9.17, 15) is 14.4 Å². The Morgan fingerprint density at radius 3 is 2.52 bits per heavy atom. The number of rotatable bonds is 5. The average Bonchev–Trinajstić information content (AvgIpc) is 2.87. The van der Waals surface area contributed by atoms with Crippen LogP contribution in [0.4, 0.5) is 0 Å². The van der Waals surface area contributed by atoms with Crippen molar-refractivity contribution >= 4 is 29.1 Å². The van der Waals surface area contributed by atoms with Gasteiger partial charge in [-0.3, -0.25) is 9.59 Å². The molecular formula is C14H20N2O4S. The van der Waals surface area contributed by atoms with Crippen LogP contribution >= 0.6 is 11.3 Å². The van der Waals surface area contributed by atoms with E-state index < -0.39 is 23.5 Å². The van der Waals surface area contributed by atoms with Gasteiger partial charge in [0, 0.05) is 0 Å². The summed E-state index contributed by atoms with van der Waals surface area (Å²) in [5, 5.41) is 6.74. The van der Waals surface area contributed by atoms with Crippen LogP contribution < -0.4 is 10.6 Å². The molecule has 0 aliphatic heterocycles. The third kappa shape index (κ3) is 6.40. The van der Waals surface area contributed by atoms with E-state index in [1.165, 1.54) is 18.3 Å². The molecule has 0 saturated heterocycles. The zero-order chi connectivity index (χ0) is 16.0. The van der Waals surface area contributed by atoms with E-state index in [2.05, 4.69) is 10.6 Å². The van der Waals surface area contributed by atoms with Crippen LogP contribution in [0.2, 0.25) is 0 Å². The van der Waals surface area contributed by atoms with Gasteiger partial charge in [-0.05, 0) is 39.1 Å². The van der Waals surface area contributed by atoms with Crippen LogP contribution in [0.5, 0.6) is 0 Å². The van der Waals surface area contributed by atoms with Gasteiger partial charge in [-0.25, -0.2) is 4.79 Å². The average molecular weight is 312 g/mol. The van der Waals surface area contributed by atoms with E-state index in [-0.39, 0.29) is 12.5 Å². The van der Waals surface area contributed by atoms with Crippen LogP contribution in [0.15, 0.2) is 17.5 Å². The molecule has 1 aromatic heterocycles. The van der Waals surface area contributed by atoms with Crippen LogP contribution in [-0.4, -0.2) is 36.0 Å². The highest BCUT2D eigenvalue weighted by atomic mass is 32.1. The molecule has 0 radical (unpaired) electrons. The largest absolute Gasteiger partial charge is 0.458 e. The first-order valence-corrected chi connectivity index (χ1v) is 7.41. The SMILES string of the molecule is C[C@H](NC(=O)CNC(=O)c1cccs1)C(=O)OC(C)(C)C. The fourth-order valence-electron chi connectivity index (χ4n) is 1.40. The third-order valence-corrected chi connectivity index (χ3v) is 3.16. The number of carbonyl (C=O) groups is 3. The van der Waals surface area contributed by atoms with Crippen LogP contribution in [0.1, 0.15) is 37.4 Å². The second-order valence-corrected chi connectivity index (χ2v) is 6.43. The highest BCUT2D eigenvalue weighted by Gasteiger charge is 2.23. The van der Waals surface area contributed by atoms with Crippen LogP contribution in [0.3, 0.4) is 0 Å². The molecule has 116 valence electrons. The molecule has 0 aliphatic rings. The van der Waals surface area contributed by atoms with Gasteiger partial charge < -0.3 is 15.4 Å². The highest BCUT2D eigenvalue weighted by Crippen LogP contribution is 2.08. The monoisotopic (exact) mass is 312 g/mol. The number of nitrogens with one attached hydrogen (secondary N) is 2. The lowest BCUT2D eigenvalue weighted by atomic mass is 10.2. The smallest absolute Gasteiger partial charge is 0.328 e. The Labute approximate surface area is 127 Å². The van der Waals surface area contributed by atoms with E-state index in [1.807, 2.05) is 0 Å². The van der Waals surface area contributed by atoms with Crippen molar-refractivity contribution in [3.63, 3.8) is 0 Å². The van der Waals surface area contributed by atoms with Crippen molar-refractivity contribution in [1.82, 2.24) is 10.6 Å². The quantitative estimate of drug-likeness (QED) is 0.803. The summed E-state index contributed by atoms with van der Waals surface area (Å²) in [5.41, 5.74) is -0.608. The van der Waals surface area contributed by atoms with Crippen molar-refractivity contribution in [2.75, 3.05) is 6.54 Å². The maximum atomic E-state index is 11.7. The van der Waals surface area contributed by atoms with Crippen LogP contribution in [-0.2, 0) is 14.3 Å². The maximum Gasteiger partial charge on any atom is 0.328 e. The first-order valence-electron chi connectivity index (χ1n) is 6.53. The lowest BCUT2D eigenvalue weighted by Crippen LogP contribution is -2.46. The number of amides is 2. The first kappa shape index (κ1) is 17.2. The number of ether oxygens (including phenoxy) is 1. The van der Waals surface area contributed by atoms with Gasteiger partial charge in [0.15, 0.2) is 0 Å². The first-order chi connectivity index (χ1) is 9.69. The summed E-state index contributed by atoms with van der Waals surface area (Å²) < 4.78 is 5.15. The van der Waals surface area contributed by atoms with E-state index in [0.29, 0.717) is 4.88 Å². The van der Waals surface area contributed by atoms with Gasteiger partial charge in [-0.2, -0.15) is 0 Å². The minimum absolute atomic E-state index is 0.191. The summed E-state index contributed by atoms with van der Waals surface area (Å²) in [6.45, 7) is 6.60. The summed E-state index contributed by atoms with van der Waals surface area (Å²) in [4.78, 5) is 35.5. The molecule has 1 atom stereocenters. The van der Waals surface area contributed by atoms with Crippen LogP contribution in [0, 0.1) is 0 Å². The molecule has 1 rings (SSSR count). The zero-order valence-electron chi connectivity index (χ0n) is 12.6. The van der Waals surface area contributed by atoms with Gasteiger partial charge in [0.25, 0.3) is 5.91 Å². The Morgan fingerprint density at radius 2 is 2.00 bits per heavy atom. The fraction of sp³-hybridized carbons (Fsp3) is 0.500. The number of hydrogen-bond acceptors (Lipinski definition) is 5. The molecule has 0 aliphatic carbocycles. The van der Waals surface area contributed by atoms with Gasteiger partial charge in [-0.15, -0.1) is 11.3 Å². The Bertz CT molecular complexity index is 506. The lowest BCUT2D eigenvalue weighted by Gasteiger charge is -2.22. The minimum atomic E-state index is -0.768. The second kappa shape index (κ2) is 7.21. The van der Waals surface area contributed by atoms with Crippen molar-refractivity contribution in [2.24, 2.45) is 0 Å². The summed E-state index contributed by atoms with van der Waals surface area (Å²) in [6, 6.07) is 2.65. The topological polar surface area (TPSA) is 84.5 Å². The number of thiophene rings is 1. The summed E-state index contributed by atoms with van der Waals surface area (Å²) in [7, 11) is 0. The van der Waals surface area contributed by atoms with Crippen molar-refractivity contribution in [1.29, 1.82) is 0 Å². The predicted molar refractivity (Wildman–Crippen MR) is 80.1 cm³/mol. The molecule has 21 heavy (non-hydrogen) atoms. The molecule has 0 saturated carbocycles. The van der Waals surface area contributed by atoms with E-state index >= 15 is 0 Å². The normalized spacial score (nSPS) is 12.4. The van der Waals surface area contributed by atoms with Gasteiger partial charge in [0.1, 0.15) is 11.6 Å². The Morgan fingerprint density at radius 1 is 1.33 bits per heavy atom. The second-order valence-electron chi connectivity index (χ2n) is 5.48. The fourth-order valence-corrected chi connectivity index (χ4v) is 2.04. The molecule has 1 aromatic rings. The van der Waals surface area contributed by atoms with Gasteiger partial charge in [0.2, 0.25) is 5.91 Å². The molecular weight excluding hydrogens is 292 g/mol. The standard InChI is InChI=1S/C14H20N2O4S/c1-9(13(19)20-14(2,3)4)16-11(17)8-15-12(18)10-6-5-7-21-10/h5-7,9H,8H2,1-4H3,(H,15,18)(H,16,17)/t9-/m0/s1. The summed E-state index contributed by atoms with van der Waals surface area (Å²) >= 11 is 1.29. The highest BCUT2D eigenvalue weighted by molar-refractivity contribution is 7.12. The van der Waals surface area contributed by atoms with Crippen molar-refractivity contribution < 1.29 is 19.1 Å². The molecule has 0 unspecified atom stereocenters. The summed E-state index contributed by atoms with van der Waals surface area (Å²) in [5.74, 6) is -1.27. The van der Waals surface area contributed by atoms with Crippen molar-refractivity contribution in [2.45, 2.75) is 39.3 Å². The van der Waals surface area contributed by atoms with Crippen molar-refractivity contribution in [3.05, 3.63) is 22.4 Å². The van der Waals surface area contributed by atoms with Crippen molar-refractivity contribution in [3.8, 4) is 0 Å². The molecule has 0 bridgehead atoms. The zero-order valence-corrected chi connectivity index (χ0v) is 13.4. The van der Waals surface area contributed by atoms with Gasteiger partial charge in [0.05, 0.1) is 11.4 Å². The predicted octanol–water partition coefficient (Wildman–Crippen LogP) is 1.32. The summed E-state index contributed by atoms with van der Waals surface area (Å²) in [6.07, 6.45) is 0. The van der Waals surface area contributed by atoms with E-state index in [1.54, 1.807) is 38.3 Å². The molecule has 0 spiro atoms. The number of hydrogen-bond donors (Lipinski definition) is 2. The molecule has 1 heterocycles. The lowest BCUT2D eigenvalue weighted by molar-refractivity contribution is -0.158. The third-order valence-electron chi connectivity index (χ3n) is 2.29. The van der Waals surface area contributed by atoms with E-state index in [0.717, 1.165) is 0 Å². The Kier molecular flexibility index (Phi) is 5.90. The minimum Gasteiger partial charge on any atom is -0.458 e. The molecule has 2 amide bonds. The van der Waals surface area contributed by atoms with Gasteiger partial charge >= 0.3 is 5.97 Å². The van der Waals surface area contributed by atoms with Crippen LogP contribution in [0.25, 0.3) is 0 Å². The number of esters is 1. The molecule has 0 fully saturated rings. The molecule has 7 heteroatoms. The Balaban J connectivity index is 2.36. The molecule has 6 nitrogen and oxygen atoms in total. The van der Waals surface area contributed by atoms with E-state index in [4.69, 9.17) is 4.74 Å². The number of carbonyl (C=O) groups excluding carboxylic acids is 3. The van der Waals surface area contributed by atoms with Gasteiger partial charge in [-0.1, -0.05) is 6.07 Å². The molecule has 0 aromatic carbocycles.